The Hall–Kier alpha value is -3.16. The minimum absolute atomic E-state index is 0.200. The summed E-state index contributed by atoms with van der Waals surface area (Å²) in [6.07, 6.45) is 2.44. The molecule has 4 rings (SSSR count). The molecule has 0 aliphatic carbocycles. The second kappa shape index (κ2) is 5.19. The van der Waals surface area contributed by atoms with Crippen LogP contribution in [0.2, 0.25) is 0 Å². The third-order valence-electron chi connectivity index (χ3n) is 4.41. The maximum absolute atomic E-state index is 12.8. The third-order valence-corrected chi connectivity index (χ3v) is 4.41. The third kappa shape index (κ3) is 1.99. The molecular formula is C16H14N4O4. The largest absolute Gasteiger partial charge is 0.480 e. The molecule has 2 aromatic heterocycles. The number of fused-ring (bicyclic) bond motifs is 3. The lowest BCUT2D eigenvalue weighted by molar-refractivity contribution is -0.141. The topological polar surface area (TPSA) is 108 Å². The van der Waals surface area contributed by atoms with Gasteiger partial charge in [-0.3, -0.25) is 9.59 Å². The van der Waals surface area contributed by atoms with Crippen LogP contribution in [0.4, 0.5) is 0 Å². The van der Waals surface area contributed by atoms with E-state index in [0.29, 0.717) is 30.3 Å². The molecule has 1 aliphatic rings. The van der Waals surface area contributed by atoms with E-state index in [0.717, 1.165) is 0 Å². The van der Waals surface area contributed by atoms with Gasteiger partial charge in [0.15, 0.2) is 0 Å². The maximum atomic E-state index is 12.8. The number of hydrogen-bond donors (Lipinski definition) is 2. The molecule has 2 N–H and O–H groups in total. The number of carbonyl (C=O) groups is 2. The minimum Gasteiger partial charge on any atom is -0.480 e. The molecule has 0 spiro atoms. The second-order valence-corrected chi connectivity index (χ2v) is 5.78. The fourth-order valence-corrected chi connectivity index (χ4v) is 3.25. The Morgan fingerprint density at radius 2 is 2.08 bits per heavy atom. The molecule has 0 saturated carbocycles. The predicted octanol–water partition coefficient (Wildman–Crippen LogP) is 0.865. The predicted molar refractivity (Wildman–Crippen MR) is 85.0 cm³/mol. The molecular weight excluding hydrogens is 312 g/mol. The van der Waals surface area contributed by atoms with Crippen LogP contribution in [-0.2, 0) is 4.79 Å². The van der Waals surface area contributed by atoms with Gasteiger partial charge in [-0.05, 0) is 25.0 Å². The van der Waals surface area contributed by atoms with Gasteiger partial charge >= 0.3 is 5.97 Å². The number of carboxylic acid groups (broad SMARTS) is 1. The normalized spacial score (nSPS) is 17.7. The van der Waals surface area contributed by atoms with E-state index < -0.39 is 17.9 Å². The van der Waals surface area contributed by atoms with Crippen molar-refractivity contribution in [3.63, 3.8) is 0 Å². The first-order valence-electron chi connectivity index (χ1n) is 7.60. The summed E-state index contributed by atoms with van der Waals surface area (Å²) in [6.45, 7) is 0.380. The highest BCUT2D eigenvalue weighted by molar-refractivity contribution is 6.02. The Labute approximate surface area is 135 Å². The Bertz CT molecular complexity index is 1040. The number of aromatic amines is 1. The van der Waals surface area contributed by atoms with Crippen molar-refractivity contribution in [1.29, 1.82) is 0 Å². The van der Waals surface area contributed by atoms with Crippen molar-refractivity contribution in [1.82, 2.24) is 19.5 Å². The van der Waals surface area contributed by atoms with Crippen molar-refractivity contribution in [2.24, 2.45) is 0 Å². The van der Waals surface area contributed by atoms with Gasteiger partial charge in [0, 0.05) is 6.54 Å². The van der Waals surface area contributed by atoms with E-state index in [2.05, 4.69) is 10.1 Å². The second-order valence-electron chi connectivity index (χ2n) is 5.78. The first kappa shape index (κ1) is 14.4. The number of nitrogens with one attached hydrogen (secondary N) is 1. The smallest absolute Gasteiger partial charge is 0.326 e. The van der Waals surface area contributed by atoms with Crippen LogP contribution < -0.4 is 5.56 Å². The molecule has 8 nitrogen and oxygen atoms in total. The van der Waals surface area contributed by atoms with E-state index in [-0.39, 0.29) is 16.8 Å². The summed E-state index contributed by atoms with van der Waals surface area (Å²) in [5.74, 6) is -1.45. The fourth-order valence-electron chi connectivity index (χ4n) is 3.25. The van der Waals surface area contributed by atoms with Crippen LogP contribution in [0.3, 0.4) is 0 Å². The van der Waals surface area contributed by atoms with Crippen LogP contribution in [0.25, 0.3) is 16.6 Å². The average Bonchev–Trinajstić information content (AvgIpc) is 3.21. The van der Waals surface area contributed by atoms with Gasteiger partial charge in [0.05, 0.1) is 17.1 Å². The molecule has 1 fully saturated rings. The monoisotopic (exact) mass is 326 g/mol. The number of rotatable bonds is 2. The molecule has 1 aromatic carbocycles. The molecule has 0 radical (unpaired) electrons. The molecule has 0 bridgehead atoms. The van der Waals surface area contributed by atoms with E-state index in [1.54, 1.807) is 24.3 Å². The van der Waals surface area contributed by atoms with Crippen molar-refractivity contribution in [2.75, 3.05) is 6.54 Å². The van der Waals surface area contributed by atoms with Gasteiger partial charge in [-0.25, -0.2) is 9.31 Å². The van der Waals surface area contributed by atoms with Crippen LogP contribution in [0.15, 0.2) is 35.3 Å². The Morgan fingerprint density at radius 1 is 1.29 bits per heavy atom. The van der Waals surface area contributed by atoms with Gasteiger partial charge in [0.25, 0.3) is 11.5 Å². The zero-order chi connectivity index (χ0) is 16.8. The first-order valence-corrected chi connectivity index (χ1v) is 7.60. The quantitative estimate of drug-likeness (QED) is 0.726. The summed E-state index contributed by atoms with van der Waals surface area (Å²) >= 11 is 0. The summed E-state index contributed by atoms with van der Waals surface area (Å²) in [7, 11) is 0. The lowest BCUT2D eigenvalue weighted by Crippen LogP contribution is -2.40. The molecule has 1 amide bonds. The van der Waals surface area contributed by atoms with Gasteiger partial charge in [-0.15, -0.1) is 0 Å². The van der Waals surface area contributed by atoms with Crippen molar-refractivity contribution in [3.05, 3.63) is 46.4 Å². The summed E-state index contributed by atoms with van der Waals surface area (Å²) in [4.78, 5) is 40.3. The minimum atomic E-state index is -1.02. The average molecular weight is 326 g/mol. The SMILES string of the molecule is O=C(O)[C@@H]1CCCN1C(=O)c1cnn2c1[nH]c(=O)c1ccccc12. The number of para-hydroxylation sites is 1. The van der Waals surface area contributed by atoms with Crippen LogP contribution in [0.1, 0.15) is 23.2 Å². The number of carbonyl (C=O) groups excluding carboxylic acids is 1. The standard InChI is InChI=1S/C16H14N4O4/c21-14-9-4-1-2-5-11(9)20-13(18-14)10(8-17-20)15(22)19-7-3-6-12(19)16(23)24/h1-2,4-5,8,12H,3,6-7H2,(H,18,21)(H,23,24)/t12-/m0/s1. The summed E-state index contributed by atoms with van der Waals surface area (Å²) in [5, 5.41) is 13.9. The number of aromatic nitrogens is 3. The number of nitrogens with zero attached hydrogens (tertiary/aromatic N) is 3. The zero-order valence-corrected chi connectivity index (χ0v) is 12.6. The highest BCUT2D eigenvalue weighted by Crippen LogP contribution is 2.22. The first-order chi connectivity index (χ1) is 11.6. The molecule has 24 heavy (non-hydrogen) atoms. The Morgan fingerprint density at radius 3 is 2.88 bits per heavy atom. The molecule has 1 aliphatic heterocycles. The van der Waals surface area contributed by atoms with E-state index in [1.165, 1.54) is 15.6 Å². The molecule has 3 heterocycles. The zero-order valence-electron chi connectivity index (χ0n) is 12.6. The fraction of sp³-hybridized carbons (Fsp3) is 0.250. The number of carboxylic acids is 1. The molecule has 3 aromatic rings. The van der Waals surface area contributed by atoms with Crippen LogP contribution in [0, 0.1) is 0 Å². The molecule has 8 heteroatoms. The van der Waals surface area contributed by atoms with Gasteiger partial charge in [-0.1, -0.05) is 12.1 Å². The van der Waals surface area contributed by atoms with Crippen molar-refractivity contribution in [3.8, 4) is 0 Å². The van der Waals surface area contributed by atoms with Gasteiger partial charge < -0.3 is 15.0 Å². The van der Waals surface area contributed by atoms with Gasteiger partial charge in [-0.2, -0.15) is 5.10 Å². The molecule has 1 saturated heterocycles. The molecule has 122 valence electrons. The number of aliphatic carboxylic acids is 1. The number of amides is 1. The lowest BCUT2D eigenvalue weighted by atomic mass is 10.2. The van der Waals surface area contributed by atoms with Crippen molar-refractivity contribution < 1.29 is 14.7 Å². The number of benzene rings is 1. The van der Waals surface area contributed by atoms with Crippen LogP contribution in [0.5, 0.6) is 0 Å². The molecule has 1 atom stereocenters. The highest BCUT2D eigenvalue weighted by atomic mass is 16.4. The Balaban J connectivity index is 1.88. The van der Waals surface area contributed by atoms with E-state index >= 15 is 0 Å². The van der Waals surface area contributed by atoms with Crippen LogP contribution >= 0.6 is 0 Å². The number of hydrogen-bond acceptors (Lipinski definition) is 4. The van der Waals surface area contributed by atoms with E-state index in [1.807, 2.05) is 0 Å². The van der Waals surface area contributed by atoms with Gasteiger partial charge in [0.2, 0.25) is 0 Å². The van der Waals surface area contributed by atoms with E-state index in [9.17, 15) is 19.5 Å². The number of likely N-dealkylation sites (tertiary alicyclic amines) is 1. The molecule has 0 unspecified atom stereocenters. The van der Waals surface area contributed by atoms with Crippen molar-refractivity contribution in [2.45, 2.75) is 18.9 Å². The summed E-state index contributed by atoms with van der Waals surface area (Å²) in [6, 6.07) is 6.12. The maximum Gasteiger partial charge on any atom is 0.326 e. The van der Waals surface area contributed by atoms with E-state index in [4.69, 9.17) is 0 Å². The Kier molecular flexibility index (Phi) is 3.12. The lowest BCUT2D eigenvalue weighted by Gasteiger charge is -2.20. The number of H-pyrrole nitrogens is 1. The van der Waals surface area contributed by atoms with Crippen molar-refractivity contribution >= 4 is 28.4 Å². The van der Waals surface area contributed by atoms with Crippen LogP contribution in [-0.4, -0.2) is 49.1 Å². The summed E-state index contributed by atoms with van der Waals surface area (Å²) in [5.41, 5.74) is 0.751. The van der Waals surface area contributed by atoms with Gasteiger partial charge in [0.1, 0.15) is 17.3 Å². The highest BCUT2D eigenvalue weighted by Gasteiger charge is 2.35. The summed E-state index contributed by atoms with van der Waals surface area (Å²) < 4.78 is 1.50.